The Morgan fingerprint density at radius 2 is 1.77 bits per heavy atom. The Bertz CT molecular complexity index is 762. The second-order valence-corrected chi connectivity index (χ2v) is 8.63. The molecule has 3 aliphatic rings. The topological polar surface area (TPSA) is 0 Å². The van der Waals surface area contributed by atoms with Gasteiger partial charge in [-0.2, -0.15) is 0 Å². The van der Waals surface area contributed by atoms with Gasteiger partial charge in [-0.25, -0.2) is 0 Å². The van der Waals surface area contributed by atoms with Gasteiger partial charge in [0, 0.05) is 9.89 Å². The fourth-order valence-corrected chi connectivity index (χ4v) is 6.21. The molecule has 1 heteroatoms. The van der Waals surface area contributed by atoms with Crippen LogP contribution < -0.4 is 0 Å². The highest BCUT2D eigenvalue weighted by atomic mass is 79.9. The van der Waals surface area contributed by atoms with Crippen LogP contribution in [0, 0.1) is 17.8 Å². The number of halogens is 1. The highest BCUT2D eigenvalue weighted by Crippen LogP contribution is 2.62. The molecular weight excluding hydrogens is 332 g/mol. The Hall–Kier alpha value is -1.08. The van der Waals surface area contributed by atoms with E-state index in [9.17, 15) is 0 Å². The van der Waals surface area contributed by atoms with Crippen LogP contribution in [0.5, 0.6) is 0 Å². The highest BCUT2D eigenvalue weighted by Gasteiger charge is 2.53. The maximum absolute atomic E-state index is 3.71. The van der Waals surface area contributed by atoms with Crippen LogP contribution in [0.15, 0.2) is 46.9 Å². The van der Waals surface area contributed by atoms with E-state index in [2.05, 4.69) is 65.3 Å². The van der Waals surface area contributed by atoms with Gasteiger partial charge in [0.25, 0.3) is 0 Å². The molecule has 0 aromatic heterocycles. The molecule has 0 nitrogen and oxygen atoms in total. The molecule has 2 saturated carbocycles. The summed E-state index contributed by atoms with van der Waals surface area (Å²) in [6.07, 6.45) is 5.84. The van der Waals surface area contributed by atoms with E-state index >= 15 is 0 Å². The molecule has 4 atom stereocenters. The molecule has 22 heavy (non-hydrogen) atoms. The van der Waals surface area contributed by atoms with Crippen molar-refractivity contribution in [1.82, 2.24) is 0 Å². The van der Waals surface area contributed by atoms with E-state index in [4.69, 9.17) is 0 Å². The minimum absolute atomic E-state index is 0.204. The summed E-state index contributed by atoms with van der Waals surface area (Å²) in [5.74, 6) is 2.76. The Labute approximate surface area is 141 Å². The second kappa shape index (κ2) is 4.47. The van der Waals surface area contributed by atoms with E-state index in [0.717, 1.165) is 17.8 Å². The average molecular weight is 353 g/mol. The zero-order chi connectivity index (χ0) is 14.9. The van der Waals surface area contributed by atoms with Crippen molar-refractivity contribution >= 4 is 15.9 Å². The third kappa shape index (κ3) is 1.58. The summed E-state index contributed by atoms with van der Waals surface area (Å²) in [6, 6.07) is 16.0. The van der Waals surface area contributed by atoms with Gasteiger partial charge >= 0.3 is 0 Å². The molecule has 0 amide bonds. The number of hydrogen-bond donors (Lipinski definition) is 0. The van der Waals surface area contributed by atoms with Gasteiger partial charge in [0.15, 0.2) is 0 Å². The van der Waals surface area contributed by atoms with Gasteiger partial charge in [-0.1, -0.05) is 59.6 Å². The zero-order valence-corrected chi connectivity index (χ0v) is 14.6. The monoisotopic (exact) mass is 352 g/mol. The quantitative estimate of drug-likeness (QED) is 0.575. The molecular formula is C21H21Br. The number of fused-ring (bicyclic) bond motifs is 5. The van der Waals surface area contributed by atoms with Crippen molar-refractivity contribution in [2.75, 3.05) is 0 Å². The zero-order valence-electron chi connectivity index (χ0n) is 13.0. The van der Waals surface area contributed by atoms with Gasteiger partial charge < -0.3 is 0 Å². The van der Waals surface area contributed by atoms with Crippen molar-refractivity contribution < 1.29 is 0 Å². The van der Waals surface area contributed by atoms with Crippen molar-refractivity contribution in [2.24, 2.45) is 17.8 Å². The molecule has 0 aliphatic heterocycles. The maximum Gasteiger partial charge on any atom is 0.0218 e. The van der Waals surface area contributed by atoms with Crippen LogP contribution >= 0.6 is 15.9 Å². The molecule has 2 fully saturated rings. The number of rotatable bonds is 1. The van der Waals surface area contributed by atoms with Gasteiger partial charge in [-0.05, 0) is 71.4 Å². The van der Waals surface area contributed by atoms with Crippen LogP contribution in [0.25, 0.3) is 11.1 Å². The van der Waals surface area contributed by atoms with E-state index < -0.39 is 0 Å². The summed E-state index contributed by atoms with van der Waals surface area (Å²) in [4.78, 5) is 0. The number of hydrogen-bond acceptors (Lipinski definition) is 0. The van der Waals surface area contributed by atoms with Crippen LogP contribution in [0.2, 0.25) is 0 Å². The van der Waals surface area contributed by atoms with Gasteiger partial charge in [0.05, 0.1) is 0 Å². The van der Waals surface area contributed by atoms with Gasteiger partial charge in [-0.3, -0.25) is 0 Å². The van der Waals surface area contributed by atoms with Crippen LogP contribution in [0.4, 0.5) is 0 Å². The lowest BCUT2D eigenvalue weighted by molar-refractivity contribution is 0.236. The van der Waals surface area contributed by atoms with Crippen LogP contribution in [0.3, 0.4) is 0 Å². The maximum atomic E-state index is 3.71. The fraction of sp³-hybridized carbons (Fsp3) is 0.429. The van der Waals surface area contributed by atoms with E-state index in [1.54, 1.807) is 11.1 Å². The van der Waals surface area contributed by atoms with E-state index in [0.29, 0.717) is 0 Å². The largest absolute Gasteiger partial charge is 0.0619 e. The minimum atomic E-state index is 0.204. The van der Waals surface area contributed by atoms with E-state index in [-0.39, 0.29) is 5.41 Å². The molecule has 2 aromatic carbocycles. The molecule has 1 unspecified atom stereocenters. The molecule has 0 radical (unpaired) electrons. The molecule has 2 aromatic rings. The lowest BCUT2D eigenvalue weighted by atomic mass is 9.64. The molecule has 3 aliphatic carbocycles. The Kier molecular flexibility index (Phi) is 2.72. The van der Waals surface area contributed by atoms with E-state index in [1.165, 1.54) is 41.3 Å². The first kappa shape index (κ1) is 13.4. The molecule has 0 spiro atoms. The molecule has 0 N–H and O–H groups in total. The Balaban J connectivity index is 1.76. The predicted molar refractivity (Wildman–Crippen MR) is 95.0 cm³/mol. The summed E-state index contributed by atoms with van der Waals surface area (Å²) in [5, 5.41) is 0. The van der Waals surface area contributed by atoms with Crippen LogP contribution in [-0.4, -0.2) is 0 Å². The van der Waals surface area contributed by atoms with Gasteiger partial charge in [0.2, 0.25) is 0 Å². The first-order chi connectivity index (χ1) is 10.7. The Morgan fingerprint density at radius 3 is 2.55 bits per heavy atom. The summed E-state index contributed by atoms with van der Waals surface area (Å²) in [7, 11) is 0. The fourth-order valence-electron chi connectivity index (χ4n) is 5.85. The second-order valence-electron chi connectivity index (χ2n) is 7.72. The lowest BCUT2D eigenvalue weighted by Crippen LogP contribution is -2.35. The van der Waals surface area contributed by atoms with E-state index in [1.807, 2.05) is 0 Å². The normalized spacial score (nSPS) is 34.7. The number of benzene rings is 2. The first-order valence-electron chi connectivity index (χ1n) is 8.58. The summed E-state index contributed by atoms with van der Waals surface area (Å²) >= 11 is 3.71. The van der Waals surface area contributed by atoms with Gasteiger partial charge in [-0.15, -0.1) is 0 Å². The standard InChI is InChI=1S/C21H21Br/c1-21(19-11-13-6-7-14(19)10-13)18-5-3-2-4-16(18)17-9-8-15(22)12-20(17)21/h2-5,8-9,12-14,19H,6-7,10-11H2,1H3/t13-,14+,19+,21?/m0/s1. The molecule has 0 saturated heterocycles. The minimum Gasteiger partial charge on any atom is -0.0619 e. The highest BCUT2D eigenvalue weighted by molar-refractivity contribution is 9.10. The third-order valence-electron chi connectivity index (χ3n) is 6.80. The Morgan fingerprint density at radius 1 is 0.955 bits per heavy atom. The average Bonchev–Trinajstić information content (AvgIpc) is 3.22. The van der Waals surface area contributed by atoms with Crippen molar-refractivity contribution in [1.29, 1.82) is 0 Å². The summed E-state index contributed by atoms with van der Waals surface area (Å²) in [5.41, 5.74) is 6.26. The smallest absolute Gasteiger partial charge is 0.0218 e. The van der Waals surface area contributed by atoms with Crippen molar-refractivity contribution in [2.45, 2.75) is 38.0 Å². The van der Waals surface area contributed by atoms with Crippen molar-refractivity contribution in [3.63, 3.8) is 0 Å². The van der Waals surface area contributed by atoms with Crippen molar-refractivity contribution in [3.05, 3.63) is 58.1 Å². The van der Waals surface area contributed by atoms with Crippen LogP contribution in [0.1, 0.15) is 43.7 Å². The first-order valence-corrected chi connectivity index (χ1v) is 9.37. The van der Waals surface area contributed by atoms with Gasteiger partial charge in [0.1, 0.15) is 0 Å². The molecule has 112 valence electrons. The van der Waals surface area contributed by atoms with Crippen LogP contribution in [-0.2, 0) is 5.41 Å². The predicted octanol–water partition coefficient (Wildman–Crippen LogP) is 6.17. The summed E-state index contributed by atoms with van der Waals surface area (Å²) < 4.78 is 1.22. The SMILES string of the molecule is CC1([C@@H]2C[C@H]3CC[C@@H]2C3)c2ccccc2-c2ccc(Br)cc21. The lowest BCUT2D eigenvalue weighted by Gasteiger charge is -2.39. The third-order valence-corrected chi connectivity index (χ3v) is 7.29. The molecule has 0 heterocycles. The summed E-state index contributed by atoms with van der Waals surface area (Å²) in [6.45, 7) is 2.52. The van der Waals surface area contributed by atoms with Crippen molar-refractivity contribution in [3.8, 4) is 11.1 Å². The molecule has 5 rings (SSSR count). The molecule has 2 bridgehead atoms.